The third-order valence-electron chi connectivity index (χ3n) is 4.00. The SMILES string of the molecule is Cc1nc(-c2cccs2)sc1C(=O)NCc1ccc(Oc2cccc(F)c2)nc1. The Morgan fingerprint density at radius 3 is 2.83 bits per heavy atom. The number of thiazole rings is 1. The normalized spacial score (nSPS) is 10.7. The number of hydrogen-bond donors (Lipinski definition) is 1. The van der Waals surface area contributed by atoms with E-state index in [0.717, 1.165) is 15.4 Å². The Hall–Kier alpha value is -3.10. The highest BCUT2D eigenvalue weighted by Gasteiger charge is 2.16. The molecule has 0 bridgehead atoms. The Kier molecular flexibility index (Phi) is 5.64. The highest BCUT2D eigenvalue weighted by Crippen LogP contribution is 2.31. The van der Waals surface area contributed by atoms with Crippen molar-refractivity contribution >= 4 is 28.6 Å². The Morgan fingerprint density at radius 2 is 2.10 bits per heavy atom. The molecule has 0 atom stereocenters. The molecular formula is C21H16FN3O2S2. The number of nitrogens with zero attached hydrogens (tertiary/aromatic N) is 2. The molecule has 29 heavy (non-hydrogen) atoms. The molecule has 0 radical (unpaired) electrons. The lowest BCUT2D eigenvalue weighted by molar-refractivity contribution is 0.0954. The molecule has 4 aromatic rings. The molecule has 3 aromatic heterocycles. The van der Waals surface area contributed by atoms with Crippen molar-refractivity contribution in [1.82, 2.24) is 15.3 Å². The Morgan fingerprint density at radius 1 is 1.21 bits per heavy atom. The second-order valence-electron chi connectivity index (χ2n) is 6.16. The molecular weight excluding hydrogens is 409 g/mol. The zero-order chi connectivity index (χ0) is 20.2. The predicted molar refractivity (Wildman–Crippen MR) is 112 cm³/mol. The van der Waals surface area contributed by atoms with Crippen LogP contribution in [0.2, 0.25) is 0 Å². The average molecular weight is 426 g/mol. The van der Waals surface area contributed by atoms with Crippen LogP contribution < -0.4 is 10.1 Å². The Balaban J connectivity index is 1.37. The van der Waals surface area contributed by atoms with E-state index in [0.29, 0.717) is 28.7 Å². The van der Waals surface area contributed by atoms with Crippen molar-refractivity contribution < 1.29 is 13.9 Å². The number of hydrogen-bond acceptors (Lipinski definition) is 6. The number of amides is 1. The van der Waals surface area contributed by atoms with Gasteiger partial charge in [0, 0.05) is 24.9 Å². The summed E-state index contributed by atoms with van der Waals surface area (Å²) in [7, 11) is 0. The summed E-state index contributed by atoms with van der Waals surface area (Å²) in [5.74, 6) is 0.190. The van der Waals surface area contributed by atoms with Gasteiger partial charge < -0.3 is 10.1 Å². The standard InChI is InChI=1S/C21H16FN3O2S2/c1-13-19(29-21(25-13)17-6-3-9-28-17)20(26)24-12-14-7-8-18(23-11-14)27-16-5-2-4-15(22)10-16/h2-11H,12H2,1H3,(H,24,26). The smallest absolute Gasteiger partial charge is 0.263 e. The highest BCUT2D eigenvalue weighted by molar-refractivity contribution is 7.22. The van der Waals surface area contributed by atoms with Crippen molar-refractivity contribution in [3.63, 3.8) is 0 Å². The van der Waals surface area contributed by atoms with Gasteiger partial charge >= 0.3 is 0 Å². The van der Waals surface area contributed by atoms with E-state index in [4.69, 9.17) is 4.74 Å². The van der Waals surface area contributed by atoms with Gasteiger partial charge in [-0.3, -0.25) is 4.79 Å². The summed E-state index contributed by atoms with van der Waals surface area (Å²) in [6, 6.07) is 13.3. The number of thiophene rings is 1. The Labute approximate surface area is 174 Å². The minimum atomic E-state index is -0.373. The van der Waals surface area contributed by atoms with E-state index in [2.05, 4.69) is 15.3 Å². The first-order chi connectivity index (χ1) is 14.1. The maximum absolute atomic E-state index is 13.2. The fraction of sp³-hybridized carbons (Fsp3) is 0.0952. The van der Waals surface area contributed by atoms with Crippen LogP contribution in [0.5, 0.6) is 11.6 Å². The minimum Gasteiger partial charge on any atom is -0.439 e. The van der Waals surface area contributed by atoms with Crippen LogP contribution in [-0.4, -0.2) is 15.9 Å². The van der Waals surface area contributed by atoms with Crippen molar-refractivity contribution in [2.75, 3.05) is 0 Å². The monoisotopic (exact) mass is 425 g/mol. The second kappa shape index (κ2) is 8.50. The van der Waals surface area contributed by atoms with Gasteiger partial charge in [-0.1, -0.05) is 18.2 Å². The summed E-state index contributed by atoms with van der Waals surface area (Å²) in [5, 5.41) is 5.73. The van der Waals surface area contributed by atoms with Crippen molar-refractivity contribution in [2.24, 2.45) is 0 Å². The summed E-state index contributed by atoms with van der Waals surface area (Å²) in [4.78, 5) is 22.9. The van der Waals surface area contributed by atoms with Crippen LogP contribution in [0, 0.1) is 12.7 Å². The van der Waals surface area contributed by atoms with Gasteiger partial charge in [0.05, 0.1) is 10.6 Å². The molecule has 0 aliphatic rings. The number of rotatable bonds is 6. The van der Waals surface area contributed by atoms with Crippen molar-refractivity contribution in [1.29, 1.82) is 0 Å². The van der Waals surface area contributed by atoms with Crippen molar-refractivity contribution in [3.05, 3.63) is 82.1 Å². The van der Waals surface area contributed by atoms with E-state index in [1.807, 2.05) is 24.4 Å². The van der Waals surface area contributed by atoms with Crippen LogP contribution in [-0.2, 0) is 6.54 Å². The van der Waals surface area contributed by atoms with Crippen LogP contribution in [0.25, 0.3) is 9.88 Å². The number of benzene rings is 1. The summed E-state index contributed by atoms with van der Waals surface area (Å²) in [5.41, 5.74) is 1.54. The lowest BCUT2D eigenvalue weighted by Crippen LogP contribution is -2.22. The van der Waals surface area contributed by atoms with E-state index < -0.39 is 0 Å². The number of halogens is 1. The molecule has 4 rings (SSSR count). The van der Waals surface area contributed by atoms with Gasteiger partial charge in [-0.15, -0.1) is 22.7 Å². The molecule has 0 saturated carbocycles. The summed E-state index contributed by atoms with van der Waals surface area (Å²) < 4.78 is 18.7. The van der Waals surface area contributed by atoms with Crippen LogP contribution in [0.3, 0.4) is 0 Å². The zero-order valence-electron chi connectivity index (χ0n) is 15.4. The van der Waals surface area contributed by atoms with E-state index in [1.165, 1.54) is 23.5 Å². The molecule has 0 saturated heterocycles. The summed E-state index contributed by atoms with van der Waals surface area (Å²) in [6.45, 7) is 2.17. The summed E-state index contributed by atoms with van der Waals surface area (Å²) in [6.07, 6.45) is 1.62. The second-order valence-corrected chi connectivity index (χ2v) is 8.10. The number of aryl methyl sites for hydroxylation is 1. The molecule has 0 aliphatic heterocycles. The van der Waals surface area contributed by atoms with E-state index in [1.54, 1.807) is 41.8 Å². The predicted octanol–water partition coefficient (Wildman–Crippen LogP) is 5.44. The molecule has 1 N–H and O–H groups in total. The van der Waals surface area contributed by atoms with Gasteiger partial charge in [0.1, 0.15) is 21.5 Å². The molecule has 8 heteroatoms. The quantitative estimate of drug-likeness (QED) is 0.447. The highest BCUT2D eigenvalue weighted by atomic mass is 32.1. The van der Waals surface area contributed by atoms with Gasteiger partial charge in [-0.2, -0.15) is 0 Å². The molecule has 5 nitrogen and oxygen atoms in total. The molecule has 0 unspecified atom stereocenters. The number of aromatic nitrogens is 2. The lowest BCUT2D eigenvalue weighted by atomic mass is 10.2. The number of ether oxygens (including phenoxy) is 1. The molecule has 1 amide bonds. The third-order valence-corrected chi connectivity index (χ3v) is 6.20. The lowest BCUT2D eigenvalue weighted by Gasteiger charge is -2.07. The van der Waals surface area contributed by atoms with Crippen LogP contribution in [0.15, 0.2) is 60.1 Å². The topological polar surface area (TPSA) is 64.1 Å². The third kappa shape index (κ3) is 4.67. The van der Waals surface area contributed by atoms with Crippen LogP contribution in [0.1, 0.15) is 20.9 Å². The maximum Gasteiger partial charge on any atom is 0.263 e. The van der Waals surface area contributed by atoms with Crippen LogP contribution in [0.4, 0.5) is 4.39 Å². The van der Waals surface area contributed by atoms with E-state index in [-0.39, 0.29) is 11.7 Å². The molecule has 0 fully saturated rings. The minimum absolute atomic E-state index is 0.164. The summed E-state index contributed by atoms with van der Waals surface area (Å²) >= 11 is 2.98. The number of carbonyl (C=O) groups is 1. The van der Waals surface area contributed by atoms with Gasteiger partial charge in [0.25, 0.3) is 5.91 Å². The first kappa shape index (κ1) is 19.2. The van der Waals surface area contributed by atoms with Gasteiger partial charge in [0.2, 0.25) is 5.88 Å². The first-order valence-corrected chi connectivity index (χ1v) is 10.5. The van der Waals surface area contributed by atoms with Gasteiger partial charge in [-0.25, -0.2) is 14.4 Å². The number of carbonyl (C=O) groups excluding carboxylic acids is 1. The largest absolute Gasteiger partial charge is 0.439 e. The van der Waals surface area contributed by atoms with E-state index in [9.17, 15) is 9.18 Å². The number of pyridine rings is 1. The molecule has 146 valence electrons. The van der Waals surface area contributed by atoms with Gasteiger partial charge in [0.15, 0.2) is 0 Å². The van der Waals surface area contributed by atoms with Crippen LogP contribution >= 0.6 is 22.7 Å². The average Bonchev–Trinajstić information content (AvgIpc) is 3.37. The molecule has 1 aromatic carbocycles. The maximum atomic E-state index is 13.2. The van der Waals surface area contributed by atoms with Crippen molar-refractivity contribution in [3.8, 4) is 21.5 Å². The number of nitrogens with one attached hydrogen (secondary N) is 1. The van der Waals surface area contributed by atoms with E-state index >= 15 is 0 Å². The van der Waals surface area contributed by atoms with Crippen molar-refractivity contribution in [2.45, 2.75) is 13.5 Å². The Bertz CT molecular complexity index is 1130. The molecule has 0 spiro atoms. The zero-order valence-corrected chi connectivity index (χ0v) is 17.0. The fourth-order valence-corrected chi connectivity index (χ4v) is 4.38. The first-order valence-electron chi connectivity index (χ1n) is 8.76. The molecule has 0 aliphatic carbocycles. The molecule has 3 heterocycles. The fourth-order valence-electron chi connectivity index (χ4n) is 2.60. The van der Waals surface area contributed by atoms with Gasteiger partial charge in [-0.05, 0) is 36.1 Å².